The first-order chi connectivity index (χ1) is 23.2. The van der Waals surface area contributed by atoms with Crippen LogP contribution in [0.2, 0.25) is 0 Å². The Morgan fingerprint density at radius 2 is 2.10 bits per heavy atom. The van der Waals surface area contributed by atoms with Crippen LogP contribution < -0.4 is 5.43 Å². The van der Waals surface area contributed by atoms with Crippen molar-refractivity contribution in [3.8, 4) is 22.5 Å². The number of nitrogens with one attached hydrogen (secondary N) is 1. The Morgan fingerprint density at radius 1 is 1.27 bits per heavy atom. The number of pyridine rings is 1. The average Bonchev–Trinajstić information content (AvgIpc) is 3.62. The first-order valence-electron chi connectivity index (χ1n) is 16.5. The third-order valence-electron chi connectivity index (χ3n) is 9.51. The van der Waals surface area contributed by atoms with Gasteiger partial charge in [0.25, 0.3) is 5.91 Å². The van der Waals surface area contributed by atoms with E-state index in [4.69, 9.17) is 19.4 Å². The average molecular weight is 684 g/mol. The Hall–Kier alpha value is -3.73. The predicted molar refractivity (Wildman–Crippen MR) is 191 cm³/mol. The van der Waals surface area contributed by atoms with Gasteiger partial charge in [-0.1, -0.05) is 26.5 Å². The number of aryl methyl sites for hydroxylation is 1. The third-order valence-corrected chi connectivity index (χ3v) is 11.7. The number of hydrogen-bond acceptors (Lipinski definition) is 9. The fourth-order valence-corrected chi connectivity index (χ4v) is 8.89. The molecule has 1 spiro atoms. The molecule has 2 fully saturated rings. The fourth-order valence-electron chi connectivity index (χ4n) is 7.01. The van der Waals surface area contributed by atoms with Crippen LogP contribution in [0.5, 0.6) is 0 Å². The maximum atomic E-state index is 13.7. The van der Waals surface area contributed by atoms with Crippen molar-refractivity contribution in [1.29, 1.82) is 0 Å². The molecule has 1 aromatic carbocycles. The number of carbonyl (C=O) groups excluding carboxylic acids is 2. The summed E-state index contributed by atoms with van der Waals surface area (Å²) in [6.07, 6.45) is 5.72. The minimum Gasteiger partial charge on any atom is -0.464 e. The number of methoxy groups -OCH3 is 1. The van der Waals surface area contributed by atoms with E-state index in [1.165, 1.54) is 0 Å². The zero-order valence-electron chi connectivity index (χ0n) is 27.9. The SMILES string of the molecule is C=C=C[C@H](OC)c1ncccc1-c1c2c3cc(ccc3n1CC)-c1csc(n1)C[C@]1(CS1)C(=O)N1CCC[C@H](N1)C(=O)OCC(C)(C)C2. The van der Waals surface area contributed by atoms with Gasteiger partial charge in [0.1, 0.15) is 16.9 Å². The Balaban J connectivity index is 1.40. The van der Waals surface area contributed by atoms with Crippen molar-refractivity contribution in [3.63, 3.8) is 0 Å². The van der Waals surface area contributed by atoms with Crippen molar-refractivity contribution < 1.29 is 19.1 Å². The minimum absolute atomic E-state index is 0.0248. The summed E-state index contributed by atoms with van der Waals surface area (Å²) in [6.45, 7) is 11.7. The molecule has 11 heteroatoms. The summed E-state index contributed by atoms with van der Waals surface area (Å²) in [5.74, 6) is 0.445. The Bertz CT molecular complexity index is 1940. The van der Waals surface area contributed by atoms with Gasteiger partial charge in [0.15, 0.2) is 0 Å². The molecule has 3 aliphatic heterocycles. The highest BCUT2D eigenvalue weighted by Crippen LogP contribution is 2.49. The molecule has 0 radical (unpaired) electrons. The highest BCUT2D eigenvalue weighted by atomic mass is 32.2. The summed E-state index contributed by atoms with van der Waals surface area (Å²) in [5.41, 5.74) is 12.7. The Kier molecular flexibility index (Phi) is 8.85. The molecule has 7 rings (SSSR count). The monoisotopic (exact) mass is 683 g/mol. The molecule has 1 amide bonds. The molecule has 3 atom stereocenters. The molecule has 2 saturated heterocycles. The van der Waals surface area contributed by atoms with Crippen LogP contribution in [0.15, 0.2) is 60.3 Å². The normalized spacial score (nSPS) is 23.0. The number of benzene rings is 1. The van der Waals surface area contributed by atoms with E-state index in [9.17, 15) is 9.59 Å². The zero-order chi connectivity index (χ0) is 33.6. The molecule has 0 aliphatic carbocycles. The molecular weight excluding hydrogens is 643 g/mol. The number of cyclic esters (lactones) is 1. The number of esters is 1. The van der Waals surface area contributed by atoms with Crippen LogP contribution in [-0.4, -0.2) is 68.2 Å². The molecule has 250 valence electrons. The third kappa shape index (κ3) is 6.03. The van der Waals surface area contributed by atoms with E-state index in [2.05, 4.69) is 72.7 Å². The van der Waals surface area contributed by atoms with Gasteiger partial charge >= 0.3 is 5.97 Å². The molecule has 3 aromatic heterocycles. The van der Waals surface area contributed by atoms with E-state index in [1.807, 2.05) is 6.07 Å². The van der Waals surface area contributed by atoms with Gasteiger partial charge in [-0.25, -0.2) is 10.4 Å². The van der Waals surface area contributed by atoms with E-state index < -0.39 is 22.3 Å². The number of thioether (sulfide) groups is 1. The Labute approximate surface area is 289 Å². The molecule has 3 aliphatic rings. The molecule has 1 N–H and O–H groups in total. The summed E-state index contributed by atoms with van der Waals surface area (Å²) >= 11 is 3.26. The number of thiazole rings is 1. The first-order valence-corrected chi connectivity index (χ1v) is 18.4. The van der Waals surface area contributed by atoms with Crippen molar-refractivity contribution >= 4 is 45.9 Å². The molecule has 6 bridgehead atoms. The van der Waals surface area contributed by atoms with Crippen LogP contribution in [0.1, 0.15) is 56.0 Å². The van der Waals surface area contributed by atoms with E-state index in [-0.39, 0.29) is 18.5 Å². The fraction of sp³-hybridized carbons (Fsp3) is 0.432. The quantitative estimate of drug-likeness (QED) is 0.144. The topological polar surface area (TPSA) is 98.6 Å². The van der Waals surface area contributed by atoms with Crippen LogP contribution in [0.3, 0.4) is 0 Å². The van der Waals surface area contributed by atoms with Crippen molar-refractivity contribution in [2.24, 2.45) is 5.41 Å². The van der Waals surface area contributed by atoms with Gasteiger partial charge in [0, 0.05) is 71.4 Å². The van der Waals surface area contributed by atoms with Crippen molar-refractivity contribution in [2.75, 3.05) is 26.0 Å². The van der Waals surface area contributed by atoms with Crippen molar-refractivity contribution in [1.82, 2.24) is 25.0 Å². The second kappa shape index (κ2) is 12.9. The van der Waals surface area contributed by atoms with Crippen LogP contribution in [0, 0.1) is 5.41 Å². The predicted octanol–water partition coefficient (Wildman–Crippen LogP) is 6.52. The van der Waals surface area contributed by atoms with Gasteiger partial charge in [-0.2, -0.15) is 0 Å². The standard InChI is InChI=1S/C37H41N5O4S2/c1-6-10-30(45-5)32-24(11-8-15-38-32)33-26-18-36(3,4)21-46-34(43)27-12-9-16-42(40-27)35(44)37(22-48-37)19-31-39-28(20-47-31)23-13-14-29(25(26)17-23)41(33)7-2/h8,10-11,13-15,17,20,27,30,40H,1,7,9,12,16,18-19,21-22H2,2-5H3/t27-,30-,37-/m0/s1. The van der Waals surface area contributed by atoms with Gasteiger partial charge in [0.2, 0.25) is 0 Å². The van der Waals surface area contributed by atoms with Gasteiger partial charge in [0.05, 0.1) is 28.7 Å². The highest BCUT2D eigenvalue weighted by Gasteiger charge is 2.54. The summed E-state index contributed by atoms with van der Waals surface area (Å²) in [4.78, 5) is 37.1. The molecule has 0 saturated carbocycles. The van der Waals surface area contributed by atoms with Gasteiger partial charge < -0.3 is 14.0 Å². The number of nitrogens with zero attached hydrogens (tertiary/aromatic N) is 4. The second-order valence-corrected chi connectivity index (χ2v) is 15.9. The smallest absolute Gasteiger partial charge is 0.324 e. The van der Waals surface area contributed by atoms with E-state index in [0.717, 1.165) is 68.4 Å². The van der Waals surface area contributed by atoms with E-state index in [0.29, 0.717) is 25.8 Å². The molecule has 6 heterocycles. The summed E-state index contributed by atoms with van der Waals surface area (Å²) < 4.78 is 13.7. The Morgan fingerprint density at radius 3 is 2.85 bits per heavy atom. The van der Waals surface area contributed by atoms with Crippen LogP contribution >= 0.6 is 23.1 Å². The number of aromatic nitrogens is 3. The largest absolute Gasteiger partial charge is 0.464 e. The maximum absolute atomic E-state index is 13.7. The van der Waals surface area contributed by atoms with Crippen molar-refractivity contribution in [3.05, 3.63) is 76.6 Å². The first kappa shape index (κ1) is 32.8. The van der Waals surface area contributed by atoms with Crippen LogP contribution in [0.4, 0.5) is 0 Å². The highest BCUT2D eigenvalue weighted by molar-refractivity contribution is 8.08. The molecule has 4 aromatic rings. The molecule has 9 nitrogen and oxygen atoms in total. The van der Waals surface area contributed by atoms with Crippen LogP contribution in [0.25, 0.3) is 33.4 Å². The minimum atomic E-state index is -0.563. The van der Waals surface area contributed by atoms with Crippen LogP contribution in [-0.2, 0) is 38.4 Å². The zero-order valence-corrected chi connectivity index (χ0v) is 29.5. The maximum Gasteiger partial charge on any atom is 0.324 e. The lowest BCUT2D eigenvalue weighted by Crippen LogP contribution is -2.58. The molecular formula is C37H41N5O4S2. The summed E-state index contributed by atoms with van der Waals surface area (Å²) in [5, 5.41) is 5.81. The number of amides is 1. The summed E-state index contributed by atoms with van der Waals surface area (Å²) in [6, 6.07) is 10.1. The van der Waals surface area contributed by atoms with E-state index >= 15 is 0 Å². The number of ether oxygens (including phenoxy) is 2. The number of hydrogen-bond donors (Lipinski definition) is 1. The van der Waals surface area contributed by atoms with Gasteiger partial charge in [-0.05, 0) is 62.1 Å². The van der Waals surface area contributed by atoms with E-state index in [1.54, 1.807) is 47.5 Å². The second-order valence-electron chi connectivity index (χ2n) is 13.6. The van der Waals surface area contributed by atoms with Gasteiger partial charge in [-0.3, -0.25) is 19.6 Å². The number of hydrazine groups is 1. The number of carbonyl (C=O) groups is 2. The molecule has 48 heavy (non-hydrogen) atoms. The summed E-state index contributed by atoms with van der Waals surface area (Å²) in [7, 11) is 1.66. The van der Waals surface area contributed by atoms with Gasteiger partial charge in [-0.15, -0.1) is 28.8 Å². The lowest BCUT2D eigenvalue weighted by atomic mass is 9.84. The van der Waals surface area contributed by atoms with Crippen molar-refractivity contribution in [2.45, 2.75) is 69.9 Å². The lowest BCUT2D eigenvalue weighted by Gasteiger charge is -2.35. The number of fused-ring (bicyclic) bond motifs is 6. The number of rotatable bonds is 5. The lowest BCUT2D eigenvalue weighted by molar-refractivity contribution is -0.154. The molecule has 0 unspecified atom stereocenters.